The van der Waals surface area contributed by atoms with Crippen molar-refractivity contribution in [3.05, 3.63) is 0 Å². The number of ether oxygens (including phenoxy) is 1. The first kappa shape index (κ1) is 13.6. The van der Waals surface area contributed by atoms with Crippen molar-refractivity contribution >= 4 is 6.03 Å². The van der Waals surface area contributed by atoms with Crippen molar-refractivity contribution < 1.29 is 9.53 Å². The largest absolute Gasteiger partial charge is 0.378 e. The Labute approximate surface area is 109 Å². The van der Waals surface area contributed by atoms with Gasteiger partial charge in [0.1, 0.15) is 0 Å². The van der Waals surface area contributed by atoms with E-state index in [0.29, 0.717) is 13.2 Å². The van der Waals surface area contributed by atoms with Crippen molar-refractivity contribution in [3.8, 4) is 0 Å². The van der Waals surface area contributed by atoms with Crippen LogP contribution in [0.15, 0.2) is 0 Å². The molecular formula is C12H24N4O2. The van der Waals surface area contributed by atoms with E-state index in [1.807, 2.05) is 9.80 Å². The second-order valence-corrected chi connectivity index (χ2v) is 4.85. The van der Waals surface area contributed by atoms with E-state index in [1.165, 1.54) is 0 Å². The molecule has 2 saturated heterocycles. The zero-order chi connectivity index (χ0) is 12.8. The molecule has 0 radical (unpaired) electrons. The smallest absolute Gasteiger partial charge is 0.320 e. The lowest BCUT2D eigenvalue weighted by atomic mass is 10.3. The average Bonchev–Trinajstić information content (AvgIpc) is 2.46. The molecule has 2 N–H and O–H groups in total. The Bertz CT molecular complexity index is 261. The molecule has 0 atom stereocenters. The summed E-state index contributed by atoms with van der Waals surface area (Å²) in [6.07, 6.45) is 1.04. The minimum atomic E-state index is 0.178. The molecule has 2 aliphatic rings. The van der Waals surface area contributed by atoms with E-state index in [1.54, 1.807) is 0 Å². The third-order valence-electron chi connectivity index (χ3n) is 3.60. The summed E-state index contributed by atoms with van der Waals surface area (Å²) >= 11 is 0. The van der Waals surface area contributed by atoms with Crippen molar-refractivity contribution in [2.24, 2.45) is 5.73 Å². The lowest BCUT2D eigenvalue weighted by molar-refractivity contribution is 0.0377. The number of urea groups is 1. The van der Waals surface area contributed by atoms with Gasteiger partial charge < -0.3 is 20.3 Å². The predicted molar refractivity (Wildman–Crippen MR) is 69.5 cm³/mol. The molecule has 2 fully saturated rings. The van der Waals surface area contributed by atoms with Crippen molar-refractivity contribution in [1.29, 1.82) is 0 Å². The summed E-state index contributed by atoms with van der Waals surface area (Å²) < 4.78 is 5.27. The molecule has 18 heavy (non-hydrogen) atoms. The lowest BCUT2D eigenvalue weighted by Gasteiger charge is -2.38. The highest BCUT2D eigenvalue weighted by Crippen LogP contribution is 2.08. The molecule has 2 aliphatic heterocycles. The number of hydrogen-bond acceptors (Lipinski definition) is 4. The zero-order valence-corrected chi connectivity index (χ0v) is 11.0. The fourth-order valence-corrected chi connectivity index (χ4v) is 2.43. The van der Waals surface area contributed by atoms with Crippen LogP contribution in [0, 0.1) is 0 Å². The number of hydrogen-bond donors (Lipinski definition) is 1. The number of rotatable bonds is 3. The van der Waals surface area contributed by atoms with Crippen LogP contribution in [0.5, 0.6) is 0 Å². The van der Waals surface area contributed by atoms with Gasteiger partial charge in [0, 0.05) is 39.3 Å². The first-order valence-corrected chi connectivity index (χ1v) is 6.85. The monoisotopic (exact) mass is 256 g/mol. The normalized spacial score (nSPS) is 22.3. The maximum absolute atomic E-state index is 12.2. The van der Waals surface area contributed by atoms with E-state index in [2.05, 4.69) is 4.90 Å². The number of amides is 2. The van der Waals surface area contributed by atoms with E-state index in [4.69, 9.17) is 10.5 Å². The van der Waals surface area contributed by atoms with E-state index in [0.717, 1.165) is 58.8 Å². The van der Waals surface area contributed by atoms with Crippen LogP contribution in [0.2, 0.25) is 0 Å². The summed E-state index contributed by atoms with van der Waals surface area (Å²) in [4.78, 5) is 18.5. The summed E-state index contributed by atoms with van der Waals surface area (Å²) in [5, 5.41) is 0. The van der Waals surface area contributed by atoms with Gasteiger partial charge in [0.25, 0.3) is 0 Å². The van der Waals surface area contributed by atoms with Gasteiger partial charge in [0.2, 0.25) is 0 Å². The Morgan fingerprint density at radius 3 is 2.22 bits per heavy atom. The summed E-state index contributed by atoms with van der Waals surface area (Å²) in [5.41, 5.74) is 5.51. The Kier molecular flexibility index (Phi) is 5.22. The minimum absolute atomic E-state index is 0.178. The molecule has 2 amide bonds. The van der Waals surface area contributed by atoms with E-state index in [9.17, 15) is 4.79 Å². The molecule has 0 aromatic rings. The van der Waals surface area contributed by atoms with Crippen LogP contribution < -0.4 is 5.73 Å². The third kappa shape index (κ3) is 3.57. The van der Waals surface area contributed by atoms with Gasteiger partial charge in [-0.3, -0.25) is 4.90 Å². The van der Waals surface area contributed by atoms with Gasteiger partial charge in [-0.05, 0) is 19.5 Å². The van der Waals surface area contributed by atoms with Gasteiger partial charge in [-0.1, -0.05) is 0 Å². The number of piperazine rings is 1. The van der Waals surface area contributed by atoms with Crippen LogP contribution in [0.1, 0.15) is 6.42 Å². The molecule has 2 heterocycles. The van der Waals surface area contributed by atoms with Crippen molar-refractivity contribution in [1.82, 2.24) is 14.7 Å². The summed E-state index contributed by atoms with van der Waals surface area (Å²) in [6.45, 7) is 8.19. The minimum Gasteiger partial charge on any atom is -0.378 e. The van der Waals surface area contributed by atoms with Gasteiger partial charge in [-0.2, -0.15) is 0 Å². The highest BCUT2D eigenvalue weighted by Gasteiger charge is 2.25. The topological polar surface area (TPSA) is 62.0 Å². The highest BCUT2D eigenvalue weighted by molar-refractivity contribution is 5.74. The number of morpholine rings is 1. The molecule has 0 aromatic carbocycles. The Morgan fingerprint density at radius 2 is 1.61 bits per heavy atom. The summed E-state index contributed by atoms with van der Waals surface area (Å²) in [6, 6.07) is 0.178. The van der Waals surface area contributed by atoms with Crippen LogP contribution in [0.25, 0.3) is 0 Å². The average molecular weight is 256 g/mol. The van der Waals surface area contributed by atoms with Crippen LogP contribution >= 0.6 is 0 Å². The van der Waals surface area contributed by atoms with Crippen LogP contribution in [-0.4, -0.2) is 86.3 Å². The second-order valence-electron chi connectivity index (χ2n) is 4.85. The number of nitrogens with two attached hydrogens (primary N) is 1. The maximum Gasteiger partial charge on any atom is 0.320 e. The molecule has 104 valence electrons. The predicted octanol–water partition coefficient (Wildman–Crippen LogP) is -0.595. The number of carbonyl (C=O) groups excluding carboxylic acids is 1. The van der Waals surface area contributed by atoms with E-state index < -0.39 is 0 Å². The fourth-order valence-electron chi connectivity index (χ4n) is 2.43. The van der Waals surface area contributed by atoms with Crippen molar-refractivity contribution in [3.63, 3.8) is 0 Å². The summed E-state index contributed by atoms with van der Waals surface area (Å²) in [7, 11) is 0. The number of nitrogens with zero attached hydrogens (tertiary/aromatic N) is 3. The number of carbonyl (C=O) groups is 1. The molecule has 2 rings (SSSR count). The SMILES string of the molecule is NCCCN1CCN(C(=O)N2CCOCC2)CC1. The Hall–Kier alpha value is -0.850. The molecule has 0 bridgehead atoms. The Morgan fingerprint density at radius 1 is 1.00 bits per heavy atom. The van der Waals surface area contributed by atoms with Gasteiger partial charge in [-0.15, -0.1) is 0 Å². The molecule has 6 heteroatoms. The van der Waals surface area contributed by atoms with Crippen LogP contribution in [0.4, 0.5) is 4.79 Å². The van der Waals surface area contributed by atoms with E-state index >= 15 is 0 Å². The van der Waals surface area contributed by atoms with E-state index in [-0.39, 0.29) is 6.03 Å². The van der Waals surface area contributed by atoms with Gasteiger partial charge in [-0.25, -0.2) is 4.79 Å². The third-order valence-corrected chi connectivity index (χ3v) is 3.60. The maximum atomic E-state index is 12.2. The standard InChI is InChI=1S/C12H24N4O2/c13-2-1-3-14-4-6-15(7-5-14)12(17)16-8-10-18-11-9-16/h1-11,13H2. The molecule has 0 aromatic heterocycles. The van der Waals surface area contributed by atoms with Crippen LogP contribution in [0.3, 0.4) is 0 Å². The zero-order valence-electron chi connectivity index (χ0n) is 11.0. The second kappa shape index (κ2) is 6.92. The molecule has 6 nitrogen and oxygen atoms in total. The molecule has 0 aliphatic carbocycles. The Balaban J connectivity index is 1.73. The first-order valence-electron chi connectivity index (χ1n) is 6.85. The van der Waals surface area contributed by atoms with Crippen molar-refractivity contribution in [2.75, 3.05) is 65.6 Å². The first-order chi connectivity index (χ1) is 8.81. The van der Waals surface area contributed by atoms with Gasteiger partial charge in [0.15, 0.2) is 0 Å². The molecule has 0 saturated carbocycles. The quantitative estimate of drug-likeness (QED) is 0.733. The highest BCUT2D eigenvalue weighted by atomic mass is 16.5. The summed E-state index contributed by atoms with van der Waals surface area (Å²) in [5.74, 6) is 0. The molecule has 0 spiro atoms. The lowest BCUT2D eigenvalue weighted by Crippen LogP contribution is -2.54. The van der Waals surface area contributed by atoms with Crippen molar-refractivity contribution in [2.45, 2.75) is 6.42 Å². The molecule has 0 unspecified atom stereocenters. The fraction of sp³-hybridized carbons (Fsp3) is 0.917. The van der Waals surface area contributed by atoms with Gasteiger partial charge in [0.05, 0.1) is 13.2 Å². The van der Waals surface area contributed by atoms with Crippen LogP contribution in [-0.2, 0) is 4.74 Å². The molecular weight excluding hydrogens is 232 g/mol. The van der Waals surface area contributed by atoms with Gasteiger partial charge >= 0.3 is 6.03 Å².